The minimum atomic E-state index is 0.630. The summed E-state index contributed by atoms with van der Waals surface area (Å²) in [7, 11) is 2.81. The first-order valence-corrected chi connectivity index (χ1v) is 6.30. The summed E-state index contributed by atoms with van der Waals surface area (Å²) < 4.78 is 0. The largest absolute Gasteiger partial charge is 0.235 e. The maximum atomic E-state index is 4.07. The van der Waals surface area contributed by atoms with E-state index in [0.29, 0.717) is 10.3 Å². The van der Waals surface area contributed by atoms with Gasteiger partial charge in [-0.05, 0) is 34.6 Å². The Morgan fingerprint density at radius 3 is 2.80 bits per heavy atom. The van der Waals surface area contributed by atoms with Crippen LogP contribution in [0.15, 0.2) is 46.4 Å². The third-order valence-electron chi connectivity index (χ3n) is 1.17. The van der Waals surface area contributed by atoms with Crippen LogP contribution in [0.25, 0.3) is 0 Å². The van der Waals surface area contributed by atoms with Gasteiger partial charge in [0.1, 0.15) is 0 Å². The summed E-state index contributed by atoms with van der Waals surface area (Å²) in [4.78, 5) is 16.2. The van der Waals surface area contributed by atoms with E-state index < -0.39 is 0 Å². The van der Waals surface area contributed by atoms with Gasteiger partial charge in [-0.2, -0.15) is 0 Å². The predicted octanol–water partition coefficient (Wildman–Crippen LogP) is 2.81. The van der Waals surface area contributed by atoms with Crippen LogP contribution < -0.4 is 0 Å². The third kappa shape index (κ3) is 4.75. The fourth-order valence-electron chi connectivity index (χ4n) is 0.668. The zero-order valence-corrected chi connectivity index (χ0v) is 9.83. The summed E-state index contributed by atoms with van der Waals surface area (Å²) in [6.45, 7) is 5.36. The molecule has 0 N–H and O–H groups in total. The quantitative estimate of drug-likeness (QED) is 0.351. The SMILES string of the molecule is C=CN=C(N=CC)SSc1ncccn1. The van der Waals surface area contributed by atoms with Crippen molar-refractivity contribution < 1.29 is 0 Å². The van der Waals surface area contributed by atoms with E-state index in [9.17, 15) is 0 Å². The zero-order valence-electron chi connectivity index (χ0n) is 8.20. The number of hydrogen-bond acceptors (Lipinski definition) is 5. The number of nitrogens with zero attached hydrogens (tertiary/aromatic N) is 4. The van der Waals surface area contributed by atoms with Gasteiger partial charge in [-0.3, -0.25) is 0 Å². The van der Waals surface area contributed by atoms with E-state index in [4.69, 9.17) is 0 Å². The summed E-state index contributed by atoms with van der Waals surface area (Å²) in [6, 6.07) is 1.78. The molecule has 1 rings (SSSR count). The Bertz CT molecular complexity index is 362. The maximum Gasteiger partial charge on any atom is 0.198 e. The predicted molar refractivity (Wildman–Crippen MR) is 67.3 cm³/mol. The summed E-state index contributed by atoms with van der Waals surface area (Å²) in [5.74, 6) is 0. The van der Waals surface area contributed by atoms with Crippen molar-refractivity contribution in [2.75, 3.05) is 0 Å². The van der Waals surface area contributed by atoms with Gasteiger partial charge in [0.25, 0.3) is 0 Å². The third-order valence-corrected chi connectivity index (χ3v) is 3.12. The fourth-order valence-corrected chi connectivity index (χ4v) is 2.25. The number of hydrogen-bond donors (Lipinski definition) is 0. The van der Waals surface area contributed by atoms with Crippen molar-refractivity contribution in [1.82, 2.24) is 9.97 Å². The number of aromatic nitrogens is 2. The first kappa shape index (κ1) is 11.9. The van der Waals surface area contributed by atoms with Crippen LogP contribution in [-0.2, 0) is 0 Å². The molecule has 0 saturated carbocycles. The fraction of sp³-hybridized carbons (Fsp3) is 0.111. The molecule has 1 aromatic rings. The Morgan fingerprint density at radius 2 is 2.20 bits per heavy atom. The normalized spacial score (nSPS) is 11.9. The van der Waals surface area contributed by atoms with E-state index in [1.54, 1.807) is 24.7 Å². The van der Waals surface area contributed by atoms with Crippen LogP contribution in [0.5, 0.6) is 0 Å². The van der Waals surface area contributed by atoms with Gasteiger partial charge in [-0.15, -0.1) is 0 Å². The van der Waals surface area contributed by atoms with Crippen LogP contribution in [0.2, 0.25) is 0 Å². The number of amidine groups is 1. The molecule has 6 heteroatoms. The van der Waals surface area contributed by atoms with E-state index in [1.165, 1.54) is 27.8 Å². The molecule has 0 unspecified atom stereocenters. The minimum Gasteiger partial charge on any atom is -0.235 e. The van der Waals surface area contributed by atoms with E-state index in [1.807, 2.05) is 6.92 Å². The van der Waals surface area contributed by atoms with Gasteiger partial charge in [-0.25, -0.2) is 20.0 Å². The van der Waals surface area contributed by atoms with Gasteiger partial charge in [0.2, 0.25) is 0 Å². The second kappa shape index (κ2) is 7.19. The molecule has 0 aliphatic carbocycles. The van der Waals surface area contributed by atoms with Crippen molar-refractivity contribution in [3.8, 4) is 0 Å². The van der Waals surface area contributed by atoms with Gasteiger partial charge < -0.3 is 0 Å². The van der Waals surface area contributed by atoms with Crippen molar-refractivity contribution in [2.45, 2.75) is 12.1 Å². The van der Waals surface area contributed by atoms with E-state index in [2.05, 4.69) is 26.5 Å². The Balaban J connectivity index is 2.55. The van der Waals surface area contributed by atoms with Crippen LogP contribution in [-0.4, -0.2) is 21.4 Å². The second-order valence-electron chi connectivity index (χ2n) is 2.18. The molecular formula is C9H10N4S2. The molecule has 0 amide bonds. The summed E-state index contributed by atoms with van der Waals surface area (Å²) in [5, 5.41) is 1.32. The van der Waals surface area contributed by atoms with Crippen molar-refractivity contribution in [3.63, 3.8) is 0 Å². The molecule has 0 saturated heterocycles. The monoisotopic (exact) mass is 238 g/mol. The molecule has 1 heterocycles. The van der Waals surface area contributed by atoms with E-state index in [-0.39, 0.29) is 0 Å². The Labute approximate surface area is 96.4 Å². The highest BCUT2D eigenvalue weighted by Crippen LogP contribution is 2.29. The van der Waals surface area contributed by atoms with Crippen LogP contribution in [0.1, 0.15) is 6.92 Å². The van der Waals surface area contributed by atoms with Crippen LogP contribution in [0.4, 0.5) is 0 Å². The smallest absolute Gasteiger partial charge is 0.198 e. The van der Waals surface area contributed by atoms with Crippen molar-refractivity contribution in [1.29, 1.82) is 0 Å². The topological polar surface area (TPSA) is 50.5 Å². The van der Waals surface area contributed by atoms with Gasteiger partial charge in [-0.1, -0.05) is 6.58 Å². The lowest BCUT2D eigenvalue weighted by molar-refractivity contribution is 0.973. The van der Waals surface area contributed by atoms with Crippen LogP contribution in [0.3, 0.4) is 0 Å². The minimum absolute atomic E-state index is 0.630. The summed E-state index contributed by atoms with van der Waals surface area (Å²) in [5.41, 5.74) is 0. The molecule has 78 valence electrons. The maximum absolute atomic E-state index is 4.07. The Morgan fingerprint density at radius 1 is 1.47 bits per heavy atom. The van der Waals surface area contributed by atoms with Crippen molar-refractivity contribution in [2.24, 2.45) is 9.98 Å². The molecule has 0 aliphatic heterocycles. The van der Waals surface area contributed by atoms with Gasteiger partial charge in [0.15, 0.2) is 10.3 Å². The summed E-state index contributed by atoms with van der Waals surface area (Å²) in [6.07, 6.45) is 6.54. The summed E-state index contributed by atoms with van der Waals surface area (Å²) >= 11 is 0. The number of rotatable bonds is 3. The molecule has 1 aromatic heterocycles. The molecule has 0 spiro atoms. The van der Waals surface area contributed by atoms with Gasteiger partial charge in [0.05, 0.1) is 0 Å². The Hall–Kier alpha value is -1.14. The lowest BCUT2D eigenvalue weighted by atomic mass is 10.7. The molecule has 4 nitrogen and oxygen atoms in total. The van der Waals surface area contributed by atoms with Gasteiger partial charge in [0, 0.05) is 24.8 Å². The lowest BCUT2D eigenvalue weighted by Gasteiger charge is -1.97. The molecule has 0 radical (unpaired) electrons. The molecule has 0 aromatic carbocycles. The molecule has 0 aliphatic rings. The average molecular weight is 238 g/mol. The number of aliphatic imine (C=N–C) groups is 2. The standard InChI is InChI=1S/C9H10N4S2/c1-3-10-8(11-4-2)14-15-9-12-6-5-7-13-9/h3-7H,1H2,2H3. The van der Waals surface area contributed by atoms with Crippen LogP contribution >= 0.6 is 21.6 Å². The van der Waals surface area contributed by atoms with Crippen LogP contribution in [0, 0.1) is 0 Å². The molecule has 15 heavy (non-hydrogen) atoms. The zero-order chi connectivity index (χ0) is 10.9. The lowest BCUT2D eigenvalue weighted by Crippen LogP contribution is -1.85. The highest BCUT2D eigenvalue weighted by Gasteiger charge is 2.00. The van der Waals surface area contributed by atoms with E-state index >= 15 is 0 Å². The molecule has 0 bridgehead atoms. The molecular weight excluding hydrogens is 228 g/mol. The Kier molecular flexibility index (Phi) is 5.72. The molecule has 0 fully saturated rings. The second-order valence-corrected chi connectivity index (χ2v) is 4.24. The van der Waals surface area contributed by atoms with Gasteiger partial charge >= 0.3 is 0 Å². The van der Waals surface area contributed by atoms with Crippen molar-refractivity contribution >= 4 is 33.0 Å². The highest BCUT2D eigenvalue weighted by atomic mass is 33.1. The first-order valence-electron chi connectivity index (χ1n) is 4.15. The molecule has 0 atom stereocenters. The average Bonchev–Trinajstić information content (AvgIpc) is 2.28. The first-order chi connectivity index (χ1) is 7.36. The van der Waals surface area contributed by atoms with E-state index in [0.717, 1.165) is 0 Å². The highest BCUT2D eigenvalue weighted by molar-refractivity contribution is 8.82. The van der Waals surface area contributed by atoms with Crippen molar-refractivity contribution in [3.05, 3.63) is 31.2 Å².